The van der Waals surface area contributed by atoms with Crippen LogP contribution >= 0.6 is 0 Å². The van der Waals surface area contributed by atoms with Crippen molar-refractivity contribution in [1.82, 2.24) is 0 Å². The van der Waals surface area contributed by atoms with E-state index in [1.807, 2.05) is 24.3 Å². The summed E-state index contributed by atoms with van der Waals surface area (Å²) in [6.45, 7) is 0. The van der Waals surface area contributed by atoms with E-state index in [2.05, 4.69) is 0 Å². The molecule has 2 aliphatic heterocycles. The van der Waals surface area contributed by atoms with E-state index in [1.165, 1.54) is 21.3 Å². The minimum atomic E-state index is -0.349. The SMILES string of the molecule is COc1ccc([C@H]2CC(=O)Oc3ccc4c(c32)O/C(=C\c2cc(OC)c(OC)cc2OC)C4=O)cc1. The molecule has 2 heterocycles. The zero-order valence-electron chi connectivity index (χ0n) is 20.2. The molecule has 0 saturated heterocycles. The molecule has 0 aromatic heterocycles. The topological polar surface area (TPSA) is 89.5 Å². The normalized spacial score (nSPS) is 17.1. The maximum atomic E-state index is 13.3. The zero-order chi connectivity index (χ0) is 25.4. The van der Waals surface area contributed by atoms with Gasteiger partial charge < -0.3 is 28.4 Å². The first-order chi connectivity index (χ1) is 17.5. The minimum absolute atomic E-state index is 0.120. The summed E-state index contributed by atoms with van der Waals surface area (Å²) in [6.07, 6.45) is 1.72. The van der Waals surface area contributed by atoms with Crippen molar-refractivity contribution in [3.05, 3.63) is 76.5 Å². The van der Waals surface area contributed by atoms with Gasteiger partial charge in [-0.2, -0.15) is 0 Å². The van der Waals surface area contributed by atoms with Crippen molar-refractivity contribution < 1.29 is 38.0 Å². The quantitative estimate of drug-likeness (QED) is 0.278. The van der Waals surface area contributed by atoms with E-state index in [4.69, 9.17) is 28.4 Å². The Morgan fingerprint density at radius 1 is 0.806 bits per heavy atom. The average Bonchev–Trinajstić information content (AvgIpc) is 3.22. The Kier molecular flexibility index (Phi) is 6.01. The van der Waals surface area contributed by atoms with Crippen LogP contribution in [0.3, 0.4) is 0 Å². The van der Waals surface area contributed by atoms with Crippen molar-refractivity contribution in [1.29, 1.82) is 0 Å². The Balaban J connectivity index is 1.59. The van der Waals surface area contributed by atoms with Crippen LogP contribution in [0.25, 0.3) is 6.08 Å². The predicted molar refractivity (Wildman–Crippen MR) is 131 cm³/mol. The maximum Gasteiger partial charge on any atom is 0.312 e. The molecule has 0 N–H and O–H groups in total. The number of allylic oxidation sites excluding steroid dienone is 1. The Morgan fingerprint density at radius 2 is 1.50 bits per heavy atom. The maximum absolute atomic E-state index is 13.3. The molecule has 0 amide bonds. The highest BCUT2D eigenvalue weighted by molar-refractivity contribution is 6.15. The molecule has 0 bridgehead atoms. The lowest BCUT2D eigenvalue weighted by Gasteiger charge is -2.26. The zero-order valence-corrected chi connectivity index (χ0v) is 20.2. The van der Waals surface area contributed by atoms with Gasteiger partial charge >= 0.3 is 5.97 Å². The molecule has 36 heavy (non-hydrogen) atoms. The van der Waals surface area contributed by atoms with Gasteiger partial charge in [0.25, 0.3) is 0 Å². The van der Waals surface area contributed by atoms with Crippen LogP contribution in [0.2, 0.25) is 0 Å². The van der Waals surface area contributed by atoms with Gasteiger partial charge in [0, 0.05) is 23.1 Å². The number of hydrogen-bond donors (Lipinski definition) is 0. The number of carbonyl (C=O) groups is 2. The molecule has 3 aromatic carbocycles. The second kappa shape index (κ2) is 9.30. The van der Waals surface area contributed by atoms with Crippen LogP contribution in [0, 0.1) is 0 Å². The molecule has 184 valence electrons. The third-order valence-corrected chi connectivity index (χ3v) is 6.32. The summed E-state index contributed by atoms with van der Waals surface area (Å²) in [6, 6.07) is 14.1. The van der Waals surface area contributed by atoms with Crippen LogP contribution in [0.15, 0.2) is 54.3 Å². The van der Waals surface area contributed by atoms with Gasteiger partial charge in [-0.3, -0.25) is 9.59 Å². The number of hydrogen-bond acceptors (Lipinski definition) is 8. The first kappa shape index (κ1) is 23.3. The smallest absolute Gasteiger partial charge is 0.312 e. The molecular formula is C28H24O8. The molecule has 8 nitrogen and oxygen atoms in total. The summed E-state index contributed by atoms with van der Waals surface area (Å²) >= 11 is 0. The fraction of sp³-hybridized carbons (Fsp3) is 0.214. The first-order valence-corrected chi connectivity index (χ1v) is 11.2. The number of rotatable bonds is 6. The Hall–Kier alpha value is -4.46. The number of fused-ring (bicyclic) bond motifs is 3. The monoisotopic (exact) mass is 488 g/mol. The summed E-state index contributed by atoms with van der Waals surface area (Å²) in [5, 5.41) is 0. The summed E-state index contributed by atoms with van der Waals surface area (Å²) in [5.41, 5.74) is 2.53. The van der Waals surface area contributed by atoms with Crippen LogP contribution in [-0.2, 0) is 4.79 Å². The van der Waals surface area contributed by atoms with E-state index in [-0.39, 0.29) is 29.9 Å². The average molecular weight is 488 g/mol. The van der Waals surface area contributed by atoms with Crippen molar-refractivity contribution in [3.63, 3.8) is 0 Å². The van der Waals surface area contributed by atoms with Gasteiger partial charge in [0.15, 0.2) is 17.3 Å². The Bertz CT molecular complexity index is 1390. The van der Waals surface area contributed by atoms with E-state index in [1.54, 1.807) is 37.5 Å². The molecule has 0 fully saturated rings. The predicted octanol–water partition coefficient (Wildman–Crippen LogP) is 4.78. The van der Waals surface area contributed by atoms with E-state index in [0.717, 1.165) is 5.56 Å². The summed E-state index contributed by atoms with van der Waals surface area (Å²) in [7, 11) is 6.18. The standard InChI is InChI=1S/C28H24O8/c1-31-17-7-5-15(6-8-17)19-13-25(29)35-20-10-9-18-27(30)24(36-28(18)26(19)20)12-16-11-22(33-3)23(34-4)14-21(16)32-2/h5-12,14,19H,13H2,1-4H3/b24-12-/t19-/m1/s1. The number of carbonyl (C=O) groups excluding carboxylic acids is 2. The molecule has 2 aliphatic rings. The Morgan fingerprint density at radius 3 is 2.17 bits per heavy atom. The molecule has 8 heteroatoms. The number of methoxy groups -OCH3 is 4. The minimum Gasteiger partial charge on any atom is -0.497 e. The third kappa shape index (κ3) is 3.90. The van der Waals surface area contributed by atoms with Crippen molar-refractivity contribution in [2.45, 2.75) is 12.3 Å². The van der Waals surface area contributed by atoms with Gasteiger partial charge in [-0.05, 0) is 42.0 Å². The molecule has 0 unspecified atom stereocenters. The second-order valence-corrected chi connectivity index (χ2v) is 8.25. The van der Waals surface area contributed by atoms with E-state index < -0.39 is 0 Å². The highest BCUT2D eigenvalue weighted by Gasteiger charge is 2.38. The number of esters is 1. The van der Waals surface area contributed by atoms with Crippen LogP contribution in [-0.4, -0.2) is 40.2 Å². The lowest BCUT2D eigenvalue weighted by atomic mass is 9.84. The summed E-state index contributed by atoms with van der Waals surface area (Å²) in [4.78, 5) is 25.7. The van der Waals surface area contributed by atoms with Crippen LogP contribution < -0.4 is 28.4 Å². The second-order valence-electron chi connectivity index (χ2n) is 8.25. The number of benzene rings is 3. The molecule has 5 rings (SSSR count). The largest absolute Gasteiger partial charge is 0.497 e. The third-order valence-electron chi connectivity index (χ3n) is 6.32. The number of ketones is 1. The van der Waals surface area contributed by atoms with Gasteiger partial charge in [0.05, 0.1) is 40.4 Å². The van der Waals surface area contributed by atoms with Crippen molar-refractivity contribution >= 4 is 17.8 Å². The molecule has 0 saturated carbocycles. The van der Waals surface area contributed by atoms with E-state index in [9.17, 15) is 9.59 Å². The molecule has 0 radical (unpaired) electrons. The van der Waals surface area contributed by atoms with Crippen molar-refractivity contribution in [3.8, 4) is 34.5 Å². The number of Topliss-reactive ketones (excluding diaryl/α,β-unsaturated/α-hetero) is 1. The molecule has 0 aliphatic carbocycles. The lowest BCUT2D eigenvalue weighted by molar-refractivity contribution is -0.135. The van der Waals surface area contributed by atoms with E-state index in [0.29, 0.717) is 51.2 Å². The van der Waals surface area contributed by atoms with Crippen molar-refractivity contribution in [2.75, 3.05) is 28.4 Å². The van der Waals surface area contributed by atoms with E-state index >= 15 is 0 Å². The van der Waals surface area contributed by atoms with Crippen LogP contribution in [0.4, 0.5) is 0 Å². The van der Waals surface area contributed by atoms with Gasteiger partial charge in [-0.1, -0.05) is 12.1 Å². The number of ether oxygens (including phenoxy) is 6. The van der Waals surface area contributed by atoms with Crippen molar-refractivity contribution in [2.24, 2.45) is 0 Å². The molecular weight excluding hydrogens is 464 g/mol. The lowest BCUT2D eigenvalue weighted by Crippen LogP contribution is -2.21. The fourth-order valence-corrected chi connectivity index (χ4v) is 4.53. The van der Waals surface area contributed by atoms with Gasteiger partial charge in [0.1, 0.15) is 23.0 Å². The van der Waals surface area contributed by atoms with Gasteiger partial charge in [-0.15, -0.1) is 0 Å². The van der Waals surface area contributed by atoms with Gasteiger partial charge in [0.2, 0.25) is 5.78 Å². The molecule has 1 atom stereocenters. The first-order valence-electron chi connectivity index (χ1n) is 11.2. The highest BCUT2D eigenvalue weighted by Crippen LogP contribution is 2.49. The van der Waals surface area contributed by atoms with Crippen LogP contribution in [0.1, 0.15) is 39.4 Å². The van der Waals surface area contributed by atoms with Crippen LogP contribution in [0.5, 0.6) is 34.5 Å². The summed E-state index contributed by atoms with van der Waals surface area (Å²) in [5.74, 6) is 2.08. The molecule has 0 spiro atoms. The molecule has 3 aromatic rings. The van der Waals surface area contributed by atoms with Gasteiger partial charge in [-0.25, -0.2) is 0 Å². The fourth-order valence-electron chi connectivity index (χ4n) is 4.53. The summed E-state index contributed by atoms with van der Waals surface area (Å²) < 4.78 is 33.2. The highest BCUT2D eigenvalue weighted by atomic mass is 16.5. The Labute approximate surface area is 207 Å².